The Labute approximate surface area is 119 Å². The van der Waals surface area contributed by atoms with Gasteiger partial charge in [0.15, 0.2) is 5.76 Å². The summed E-state index contributed by atoms with van der Waals surface area (Å²) in [5.74, 6) is -1.44. The smallest absolute Gasteiger partial charge is 0.246 e. The number of amides is 1. The highest BCUT2D eigenvalue weighted by atomic mass is 16.4. The molecule has 0 saturated carbocycles. The Kier molecular flexibility index (Phi) is 2.98. The molecule has 2 heterocycles. The van der Waals surface area contributed by atoms with Crippen LogP contribution >= 0.6 is 0 Å². The van der Waals surface area contributed by atoms with Gasteiger partial charge in [-0.25, -0.2) is 0 Å². The van der Waals surface area contributed by atoms with Crippen molar-refractivity contribution < 1.29 is 19.4 Å². The van der Waals surface area contributed by atoms with Crippen LogP contribution in [0, 0.1) is 0 Å². The Morgan fingerprint density at radius 1 is 1.19 bits per heavy atom. The third-order valence-electron chi connectivity index (χ3n) is 3.04. The van der Waals surface area contributed by atoms with Crippen LogP contribution in [0.1, 0.15) is 6.92 Å². The monoisotopic (exact) mass is 284 g/mol. The van der Waals surface area contributed by atoms with Gasteiger partial charge >= 0.3 is 0 Å². The molecule has 6 heteroatoms. The van der Waals surface area contributed by atoms with Gasteiger partial charge in [-0.3, -0.25) is 15.1 Å². The van der Waals surface area contributed by atoms with Crippen molar-refractivity contribution in [2.75, 3.05) is 5.32 Å². The highest BCUT2D eigenvalue weighted by molar-refractivity contribution is 5.96. The van der Waals surface area contributed by atoms with Crippen molar-refractivity contribution in [3.8, 4) is 22.8 Å². The molecule has 21 heavy (non-hydrogen) atoms. The lowest BCUT2D eigenvalue weighted by molar-refractivity contribution is -0.114. The molecule has 1 aromatic carbocycles. The fraction of sp³-hybridized carbons (Fsp3) is 0.0667. The highest BCUT2D eigenvalue weighted by Gasteiger charge is 2.22. The zero-order chi connectivity index (χ0) is 15.0. The molecule has 0 spiro atoms. The number of nitrogens with zero attached hydrogens (tertiary/aromatic N) is 1. The highest BCUT2D eigenvalue weighted by Crippen LogP contribution is 2.46. The molecule has 2 aromatic heterocycles. The van der Waals surface area contributed by atoms with Gasteiger partial charge in [0.1, 0.15) is 0 Å². The topological polar surface area (TPSA) is 95.6 Å². The van der Waals surface area contributed by atoms with Gasteiger partial charge < -0.3 is 14.6 Å². The summed E-state index contributed by atoms with van der Waals surface area (Å²) < 4.78 is 5.39. The molecule has 0 bridgehead atoms. The molecule has 0 fully saturated rings. The van der Waals surface area contributed by atoms with Gasteiger partial charge in [0, 0.05) is 24.1 Å². The Hall–Kier alpha value is -3.02. The second-order valence-electron chi connectivity index (χ2n) is 4.51. The lowest BCUT2D eigenvalue weighted by Gasteiger charge is -2.03. The normalized spacial score (nSPS) is 10.7. The minimum atomic E-state index is -0.499. The first-order chi connectivity index (χ1) is 10.1. The molecule has 3 N–H and O–H groups in total. The predicted octanol–water partition coefficient (Wildman–Crippen LogP) is 2.86. The number of para-hydroxylation sites is 1. The molecule has 0 aliphatic heterocycles. The first-order valence-electron chi connectivity index (χ1n) is 6.24. The molecule has 0 aliphatic rings. The van der Waals surface area contributed by atoms with Crippen molar-refractivity contribution >= 4 is 22.7 Å². The summed E-state index contributed by atoms with van der Waals surface area (Å²) in [7, 11) is 0. The molecular weight excluding hydrogens is 272 g/mol. The Bertz CT molecular complexity index is 834. The molecule has 0 atom stereocenters. The third kappa shape index (κ3) is 2.16. The van der Waals surface area contributed by atoms with Crippen LogP contribution in [0.5, 0.6) is 11.5 Å². The SMILES string of the molecule is CC(=O)Nc1oc(-c2ccnc3ccccc23)c(O)c1O. The zero-order valence-electron chi connectivity index (χ0n) is 11.1. The van der Waals surface area contributed by atoms with E-state index in [4.69, 9.17) is 4.42 Å². The van der Waals surface area contributed by atoms with Crippen molar-refractivity contribution in [1.29, 1.82) is 0 Å². The van der Waals surface area contributed by atoms with Crippen molar-refractivity contribution in [3.05, 3.63) is 36.5 Å². The minimum Gasteiger partial charge on any atom is -0.502 e. The van der Waals surface area contributed by atoms with Crippen LogP contribution in [0.2, 0.25) is 0 Å². The summed E-state index contributed by atoms with van der Waals surface area (Å²) in [5.41, 5.74) is 1.30. The van der Waals surface area contributed by atoms with Gasteiger partial charge in [-0.05, 0) is 12.1 Å². The number of benzene rings is 1. The third-order valence-corrected chi connectivity index (χ3v) is 3.04. The summed E-state index contributed by atoms with van der Waals surface area (Å²) in [4.78, 5) is 15.3. The van der Waals surface area contributed by atoms with Gasteiger partial charge in [-0.2, -0.15) is 0 Å². The van der Waals surface area contributed by atoms with E-state index in [-0.39, 0.29) is 11.6 Å². The number of aromatic hydroxyl groups is 2. The van der Waals surface area contributed by atoms with Crippen LogP contribution in [-0.2, 0) is 4.79 Å². The van der Waals surface area contributed by atoms with Gasteiger partial charge in [0.2, 0.25) is 23.3 Å². The van der Waals surface area contributed by atoms with Crippen molar-refractivity contribution in [2.45, 2.75) is 6.92 Å². The summed E-state index contributed by atoms with van der Waals surface area (Å²) in [6.07, 6.45) is 1.58. The minimum absolute atomic E-state index is 0.0786. The number of hydrogen-bond donors (Lipinski definition) is 3. The number of aromatic nitrogens is 1. The predicted molar refractivity (Wildman–Crippen MR) is 77.1 cm³/mol. The second kappa shape index (κ2) is 4.82. The van der Waals surface area contributed by atoms with Crippen molar-refractivity contribution in [2.24, 2.45) is 0 Å². The lowest BCUT2D eigenvalue weighted by Crippen LogP contribution is -2.04. The number of carbonyl (C=O) groups is 1. The molecule has 106 valence electrons. The van der Waals surface area contributed by atoms with Crippen LogP contribution in [-0.4, -0.2) is 21.1 Å². The second-order valence-corrected chi connectivity index (χ2v) is 4.51. The standard InChI is InChI=1S/C15H12N2O4/c1-8(18)17-15-13(20)12(19)14(21-15)10-6-7-16-11-5-3-2-4-9(10)11/h2-7,19-20H,1H3,(H,17,18). The maximum Gasteiger partial charge on any atom is 0.246 e. The van der Waals surface area contributed by atoms with E-state index in [1.165, 1.54) is 6.92 Å². The number of anilines is 1. The maximum absolute atomic E-state index is 11.1. The summed E-state index contributed by atoms with van der Waals surface area (Å²) in [6, 6.07) is 9.00. The summed E-state index contributed by atoms with van der Waals surface area (Å²) >= 11 is 0. The van der Waals surface area contributed by atoms with Crippen LogP contribution < -0.4 is 5.32 Å². The average molecular weight is 284 g/mol. The van der Waals surface area contributed by atoms with E-state index in [1.807, 2.05) is 24.3 Å². The molecule has 6 nitrogen and oxygen atoms in total. The summed E-state index contributed by atoms with van der Waals surface area (Å²) in [5, 5.41) is 22.9. The van der Waals surface area contributed by atoms with E-state index in [2.05, 4.69) is 10.3 Å². The number of fused-ring (bicyclic) bond motifs is 1. The van der Waals surface area contributed by atoms with Crippen LogP contribution in [0.15, 0.2) is 40.9 Å². The average Bonchev–Trinajstić information content (AvgIpc) is 2.74. The van der Waals surface area contributed by atoms with Crippen LogP contribution in [0.4, 0.5) is 5.88 Å². The molecule has 0 unspecified atom stereocenters. The van der Waals surface area contributed by atoms with Gasteiger partial charge in [-0.1, -0.05) is 18.2 Å². The summed E-state index contributed by atoms with van der Waals surface area (Å²) in [6.45, 7) is 1.28. The largest absolute Gasteiger partial charge is 0.502 e. The Morgan fingerprint density at radius 3 is 2.71 bits per heavy atom. The number of furan rings is 1. The Balaban J connectivity index is 2.21. The van der Waals surface area contributed by atoms with Crippen LogP contribution in [0.25, 0.3) is 22.2 Å². The zero-order valence-corrected chi connectivity index (χ0v) is 11.1. The number of pyridine rings is 1. The van der Waals surface area contributed by atoms with Crippen molar-refractivity contribution in [1.82, 2.24) is 4.98 Å². The van der Waals surface area contributed by atoms with Gasteiger partial charge in [0.05, 0.1) is 5.52 Å². The van der Waals surface area contributed by atoms with E-state index < -0.39 is 17.4 Å². The van der Waals surface area contributed by atoms with E-state index in [0.717, 1.165) is 10.9 Å². The Morgan fingerprint density at radius 2 is 1.95 bits per heavy atom. The first-order valence-corrected chi connectivity index (χ1v) is 6.24. The number of rotatable bonds is 2. The van der Waals surface area contributed by atoms with E-state index >= 15 is 0 Å². The van der Waals surface area contributed by atoms with E-state index in [9.17, 15) is 15.0 Å². The molecule has 3 rings (SSSR count). The lowest BCUT2D eigenvalue weighted by atomic mass is 10.1. The van der Waals surface area contributed by atoms with E-state index in [0.29, 0.717) is 5.56 Å². The van der Waals surface area contributed by atoms with Crippen LogP contribution in [0.3, 0.4) is 0 Å². The first kappa shape index (κ1) is 13.0. The number of hydrogen-bond acceptors (Lipinski definition) is 5. The fourth-order valence-electron chi connectivity index (χ4n) is 2.13. The van der Waals surface area contributed by atoms with E-state index in [1.54, 1.807) is 12.3 Å². The maximum atomic E-state index is 11.1. The molecule has 1 amide bonds. The quantitative estimate of drug-likeness (QED) is 0.672. The van der Waals surface area contributed by atoms with Gasteiger partial charge in [0.25, 0.3) is 0 Å². The number of carbonyl (C=O) groups excluding carboxylic acids is 1. The van der Waals surface area contributed by atoms with Gasteiger partial charge in [-0.15, -0.1) is 0 Å². The van der Waals surface area contributed by atoms with Crippen molar-refractivity contribution in [3.63, 3.8) is 0 Å². The molecule has 0 aliphatic carbocycles. The molecule has 0 radical (unpaired) electrons. The fourth-order valence-corrected chi connectivity index (χ4v) is 2.13. The molecule has 3 aromatic rings. The number of nitrogens with one attached hydrogen (secondary N) is 1. The molecular formula is C15H12N2O4. The molecule has 0 saturated heterocycles.